The van der Waals surface area contributed by atoms with Crippen LogP contribution < -0.4 is 0 Å². The van der Waals surface area contributed by atoms with Gasteiger partial charge in [0.25, 0.3) is 0 Å². The summed E-state index contributed by atoms with van der Waals surface area (Å²) in [7, 11) is 0. The van der Waals surface area contributed by atoms with Crippen LogP contribution in [0.1, 0.15) is 62.8 Å². The van der Waals surface area contributed by atoms with E-state index < -0.39 is 0 Å². The molecule has 0 saturated carbocycles. The first kappa shape index (κ1) is 29.2. The summed E-state index contributed by atoms with van der Waals surface area (Å²) in [6.07, 6.45) is 3.46. The second kappa shape index (κ2) is 22.9. The fourth-order valence-electron chi connectivity index (χ4n) is 0.670. The third-order valence-corrected chi connectivity index (χ3v) is 1.20. The molecule has 0 heterocycles. The van der Waals surface area contributed by atoms with E-state index in [1.165, 1.54) is 12.8 Å². The number of hydrogen-bond acceptors (Lipinski definition) is 2. The van der Waals surface area contributed by atoms with Gasteiger partial charge in [-0.1, -0.05) is 49.5 Å². The molecule has 2 nitrogen and oxygen atoms in total. The van der Waals surface area contributed by atoms with Crippen molar-refractivity contribution in [3.63, 3.8) is 0 Å². The van der Waals surface area contributed by atoms with Crippen LogP contribution in [0.25, 0.3) is 0 Å². The Labute approximate surface area is 92.1 Å². The maximum absolute atomic E-state index is 10.4. The molecule has 0 fully saturated rings. The van der Waals surface area contributed by atoms with Crippen molar-refractivity contribution in [3.8, 4) is 0 Å². The molecular formula is C12H32O2. The molecule has 0 aliphatic carbocycles. The Morgan fingerprint density at radius 3 is 1.93 bits per heavy atom. The van der Waals surface area contributed by atoms with Gasteiger partial charge in [-0.05, 0) is 13.3 Å². The van der Waals surface area contributed by atoms with Gasteiger partial charge in [0.2, 0.25) is 0 Å². The summed E-state index contributed by atoms with van der Waals surface area (Å²) < 4.78 is 5.05. The monoisotopic (exact) mass is 208 g/mol. The van der Waals surface area contributed by atoms with Crippen LogP contribution in [-0.4, -0.2) is 19.0 Å². The van der Waals surface area contributed by atoms with Gasteiger partial charge in [0, 0.05) is 6.61 Å². The highest BCUT2D eigenvalue weighted by molar-refractivity contribution is 5.76. The molecule has 0 aromatic carbocycles. The lowest BCUT2D eigenvalue weighted by Crippen LogP contribution is -2.04. The Morgan fingerprint density at radius 1 is 1.07 bits per heavy atom. The molecule has 0 radical (unpaired) electrons. The zero-order chi connectivity index (χ0) is 7.82. The van der Waals surface area contributed by atoms with E-state index in [0.717, 1.165) is 13.0 Å². The molecule has 0 spiro atoms. The molecule has 0 unspecified atom stereocenters. The van der Waals surface area contributed by atoms with Gasteiger partial charge >= 0.3 is 0 Å². The molecule has 0 saturated heterocycles. The maximum Gasteiger partial charge on any atom is 0.155 e. The number of rotatable bonds is 6. The minimum absolute atomic E-state index is 0. The van der Waals surface area contributed by atoms with Crippen molar-refractivity contribution in [1.82, 2.24) is 0 Å². The van der Waals surface area contributed by atoms with Crippen LogP contribution in [-0.2, 0) is 9.53 Å². The molecule has 0 aliphatic heterocycles. The molecule has 0 aliphatic rings. The number of Topliss-reactive ketones (excluding diaryl/α,β-unsaturated/α-hetero) is 1. The zero-order valence-corrected chi connectivity index (χ0v) is 6.85. The summed E-state index contributed by atoms with van der Waals surface area (Å²) in [6, 6.07) is 0. The Morgan fingerprint density at radius 2 is 1.57 bits per heavy atom. The SMILES string of the molecule is C.C.C.C.CCCCCOCC(C)=O. The van der Waals surface area contributed by atoms with E-state index in [4.69, 9.17) is 4.74 Å². The average molecular weight is 208 g/mol. The average Bonchev–Trinajstić information content (AvgIpc) is 1.87. The molecule has 0 atom stereocenters. The van der Waals surface area contributed by atoms with E-state index in [1.54, 1.807) is 6.92 Å². The maximum atomic E-state index is 10.4. The molecule has 0 N–H and O–H groups in total. The number of carbonyl (C=O) groups excluding carboxylic acids is 1. The highest BCUT2D eigenvalue weighted by Crippen LogP contribution is 1.93. The summed E-state index contributed by atoms with van der Waals surface area (Å²) in [5.74, 6) is 0.108. The Bertz CT molecular complexity index is 90.3. The van der Waals surface area contributed by atoms with Gasteiger partial charge in [-0.3, -0.25) is 4.79 Å². The van der Waals surface area contributed by atoms with Crippen LogP contribution in [0.5, 0.6) is 0 Å². The van der Waals surface area contributed by atoms with Crippen LogP contribution in [0.4, 0.5) is 0 Å². The summed E-state index contributed by atoms with van der Waals surface area (Å²) in [4.78, 5) is 10.4. The first-order chi connectivity index (χ1) is 4.77. The summed E-state index contributed by atoms with van der Waals surface area (Å²) >= 11 is 0. The van der Waals surface area contributed by atoms with Crippen molar-refractivity contribution in [2.45, 2.75) is 62.8 Å². The van der Waals surface area contributed by atoms with Crippen LogP contribution in [0, 0.1) is 0 Å². The van der Waals surface area contributed by atoms with Gasteiger partial charge in [0.05, 0.1) is 0 Å². The van der Waals surface area contributed by atoms with Gasteiger partial charge < -0.3 is 4.74 Å². The van der Waals surface area contributed by atoms with E-state index in [2.05, 4.69) is 6.92 Å². The molecule has 0 rings (SSSR count). The van der Waals surface area contributed by atoms with E-state index in [9.17, 15) is 4.79 Å². The lowest BCUT2D eigenvalue weighted by Gasteiger charge is -1.98. The first-order valence-corrected chi connectivity index (χ1v) is 3.84. The highest BCUT2D eigenvalue weighted by Gasteiger charge is 1.91. The minimum Gasteiger partial charge on any atom is -0.374 e. The summed E-state index contributed by atoms with van der Waals surface area (Å²) in [6.45, 7) is 4.70. The van der Waals surface area contributed by atoms with Gasteiger partial charge in [-0.2, -0.15) is 0 Å². The Hall–Kier alpha value is -0.370. The predicted molar refractivity (Wildman–Crippen MR) is 67.9 cm³/mol. The number of ether oxygens (including phenoxy) is 1. The Balaban J connectivity index is -0.0000000675. The molecule has 0 bridgehead atoms. The fourth-order valence-corrected chi connectivity index (χ4v) is 0.670. The molecular weight excluding hydrogens is 176 g/mol. The Kier molecular flexibility index (Phi) is 47.8. The number of unbranched alkanes of at least 4 members (excludes halogenated alkanes) is 2. The third kappa shape index (κ3) is 29.9. The smallest absolute Gasteiger partial charge is 0.155 e. The van der Waals surface area contributed by atoms with Crippen molar-refractivity contribution in [2.24, 2.45) is 0 Å². The van der Waals surface area contributed by atoms with Gasteiger partial charge in [0.1, 0.15) is 6.61 Å². The number of ketones is 1. The lowest BCUT2D eigenvalue weighted by molar-refractivity contribution is -0.121. The second-order valence-electron chi connectivity index (χ2n) is 2.46. The second-order valence-corrected chi connectivity index (χ2v) is 2.46. The molecule has 2 heteroatoms. The molecule has 0 amide bonds. The van der Waals surface area contributed by atoms with Crippen molar-refractivity contribution in [1.29, 1.82) is 0 Å². The topological polar surface area (TPSA) is 26.3 Å². The van der Waals surface area contributed by atoms with Gasteiger partial charge in [0.15, 0.2) is 5.78 Å². The van der Waals surface area contributed by atoms with Crippen molar-refractivity contribution >= 4 is 5.78 Å². The van der Waals surface area contributed by atoms with Crippen molar-refractivity contribution < 1.29 is 9.53 Å². The molecule has 0 aromatic heterocycles. The number of hydrogen-bond donors (Lipinski definition) is 0. The van der Waals surface area contributed by atoms with Crippen molar-refractivity contribution in [2.75, 3.05) is 13.2 Å². The normalized spacial score (nSPS) is 7.00. The van der Waals surface area contributed by atoms with Gasteiger partial charge in [-0.15, -0.1) is 0 Å². The predicted octanol–water partition coefficient (Wildman–Crippen LogP) is 4.33. The standard InChI is InChI=1S/C8H16O2.4CH4/c1-3-4-5-6-10-7-8(2)9;;;;/h3-7H2,1-2H3;4*1H4. The summed E-state index contributed by atoms with van der Waals surface area (Å²) in [5, 5.41) is 0. The van der Waals surface area contributed by atoms with Crippen LogP contribution in [0.15, 0.2) is 0 Å². The van der Waals surface area contributed by atoms with Crippen molar-refractivity contribution in [3.05, 3.63) is 0 Å². The summed E-state index contributed by atoms with van der Waals surface area (Å²) in [5.41, 5.74) is 0. The van der Waals surface area contributed by atoms with Crippen LogP contribution >= 0.6 is 0 Å². The molecule has 92 valence electrons. The zero-order valence-electron chi connectivity index (χ0n) is 6.85. The van der Waals surface area contributed by atoms with Gasteiger partial charge in [-0.25, -0.2) is 0 Å². The van der Waals surface area contributed by atoms with E-state index in [-0.39, 0.29) is 42.1 Å². The third-order valence-electron chi connectivity index (χ3n) is 1.20. The minimum atomic E-state index is 0. The van der Waals surface area contributed by atoms with E-state index in [1.807, 2.05) is 0 Å². The fraction of sp³-hybridized carbons (Fsp3) is 0.917. The van der Waals surface area contributed by atoms with Crippen LogP contribution in [0.2, 0.25) is 0 Å². The molecule has 0 aromatic rings. The number of carbonyl (C=O) groups is 1. The lowest BCUT2D eigenvalue weighted by atomic mass is 10.3. The highest BCUT2D eigenvalue weighted by atomic mass is 16.5. The largest absolute Gasteiger partial charge is 0.374 e. The van der Waals surface area contributed by atoms with E-state index >= 15 is 0 Å². The molecule has 14 heavy (non-hydrogen) atoms. The quantitative estimate of drug-likeness (QED) is 0.607. The first-order valence-electron chi connectivity index (χ1n) is 3.84. The van der Waals surface area contributed by atoms with E-state index in [0.29, 0.717) is 0 Å². The van der Waals surface area contributed by atoms with Crippen LogP contribution in [0.3, 0.4) is 0 Å².